The van der Waals surface area contributed by atoms with Gasteiger partial charge in [0, 0.05) is 0 Å². The van der Waals surface area contributed by atoms with Gasteiger partial charge in [-0.3, -0.25) is 0 Å². The minimum atomic E-state index is -0.737. The average molecular weight is 458 g/mol. The van der Waals surface area contributed by atoms with Crippen LogP contribution in [0.15, 0.2) is 52.5 Å². The van der Waals surface area contributed by atoms with E-state index >= 15 is 0 Å². The summed E-state index contributed by atoms with van der Waals surface area (Å²) in [5.41, 5.74) is 1.55. The van der Waals surface area contributed by atoms with Gasteiger partial charge in [0.25, 0.3) is 0 Å². The van der Waals surface area contributed by atoms with E-state index in [1.807, 2.05) is 18.2 Å². The second-order valence-electron chi connectivity index (χ2n) is 6.01. The Labute approximate surface area is 177 Å². The number of aryl methyl sites for hydroxylation is 1. The Kier molecular flexibility index (Phi) is 8.44. The lowest BCUT2D eigenvalue weighted by molar-refractivity contribution is -0.137. The van der Waals surface area contributed by atoms with Crippen LogP contribution in [0.2, 0.25) is 0 Å². The van der Waals surface area contributed by atoms with Crippen molar-refractivity contribution in [2.75, 3.05) is 13.7 Å². The number of benzene rings is 2. The Hall–Kier alpha value is -3.11. The molecule has 2 aromatic rings. The summed E-state index contributed by atoms with van der Waals surface area (Å²) in [4.78, 5) is 23.6. The van der Waals surface area contributed by atoms with Gasteiger partial charge < -0.3 is 14.2 Å². The predicted octanol–water partition coefficient (Wildman–Crippen LogP) is 4.47. The number of nitrogens with zero attached hydrogens (tertiary/aromatic N) is 1. The fourth-order valence-electron chi connectivity index (χ4n) is 2.48. The van der Waals surface area contributed by atoms with Gasteiger partial charge in [-0.1, -0.05) is 31.5 Å². The van der Waals surface area contributed by atoms with E-state index in [1.54, 1.807) is 24.3 Å². The predicted molar refractivity (Wildman–Crippen MR) is 111 cm³/mol. The number of esters is 2. The number of halogens is 1. The molecule has 0 saturated heterocycles. The van der Waals surface area contributed by atoms with Crippen molar-refractivity contribution >= 4 is 33.9 Å². The number of methoxy groups -OCH3 is 1. The molecule has 0 atom stereocenters. The van der Waals surface area contributed by atoms with E-state index < -0.39 is 11.9 Å². The van der Waals surface area contributed by atoms with Crippen molar-refractivity contribution in [2.45, 2.75) is 19.8 Å². The van der Waals surface area contributed by atoms with E-state index in [2.05, 4.69) is 27.6 Å². The molecule has 7 heteroatoms. The molecule has 0 amide bonds. The zero-order valence-corrected chi connectivity index (χ0v) is 17.7. The van der Waals surface area contributed by atoms with E-state index in [0.717, 1.165) is 17.3 Å². The van der Waals surface area contributed by atoms with Crippen molar-refractivity contribution in [3.05, 3.63) is 63.6 Å². The van der Waals surface area contributed by atoms with Crippen molar-refractivity contribution in [1.82, 2.24) is 0 Å². The highest BCUT2D eigenvalue weighted by Gasteiger charge is 2.11. The zero-order valence-electron chi connectivity index (χ0n) is 16.1. The van der Waals surface area contributed by atoms with Crippen molar-refractivity contribution in [3.63, 3.8) is 0 Å². The minimum Gasteiger partial charge on any atom is -0.481 e. The van der Waals surface area contributed by atoms with E-state index in [9.17, 15) is 9.59 Å². The molecule has 0 aliphatic carbocycles. The smallest absolute Gasteiger partial charge is 0.349 e. The van der Waals surface area contributed by atoms with Crippen LogP contribution < -0.4 is 9.47 Å². The summed E-state index contributed by atoms with van der Waals surface area (Å²) in [5.74, 6) is -0.495. The Morgan fingerprint density at radius 1 is 1.21 bits per heavy atom. The van der Waals surface area contributed by atoms with Gasteiger partial charge in [0.1, 0.15) is 23.1 Å². The normalized spacial score (nSPS) is 10.8. The largest absolute Gasteiger partial charge is 0.481 e. The number of carbonyl (C=O) groups excluding carboxylic acids is 2. The lowest BCUT2D eigenvalue weighted by atomic mass is 10.1. The number of nitriles is 1. The molecule has 0 saturated carbocycles. The average Bonchev–Trinajstić information content (AvgIpc) is 2.71. The first-order valence-corrected chi connectivity index (χ1v) is 9.68. The van der Waals surface area contributed by atoms with Gasteiger partial charge in [0.2, 0.25) is 0 Å². The molecule has 6 nitrogen and oxygen atoms in total. The van der Waals surface area contributed by atoms with Crippen LogP contribution in [0.4, 0.5) is 0 Å². The van der Waals surface area contributed by atoms with Crippen LogP contribution in [-0.2, 0) is 20.7 Å². The molecule has 0 N–H and O–H groups in total. The van der Waals surface area contributed by atoms with E-state index in [4.69, 9.17) is 14.7 Å². The molecule has 0 aromatic heterocycles. The summed E-state index contributed by atoms with van der Waals surface area (Å²) < 4.78 is 16.1. The molecule has 0 spiro atoms. The van der Waals surface area contributed by atoms with Crippen LogP contribution in [0.5, 0.6) is 11.5 Å². The number of ether oxygens (including phenoxy) is 3. The molecule has 150 valence electrons. The van der Waals surface area contributed by atoms with Crippen LogP contribution in [0.3, 0.4) is 0 Å². The fourth-order valence-corrected chi connectivity index (χ4v) is 3.03. The number of hydrogen-bond donors (Lipinski definition) is 0. The van der Waals surface area contributed by atoms with Crippen molar-refractivity contribution in [2.24, 2.45) is 0 Å². The fraction of sp³-hybridized carbons (Fsp3) is 0.227. The van der Waals surface area contributed by atoms with Crippen LogP contribution in [-0.4, -0.2) is 25.7 Å². The third kappa shape index (κ3) is 6.77. The summed E-state index contributed by atoms with van der Waals surface area (Å²) in [7, 11) is 1.20. The highest BCUT2D eigenvalue weighted by atomic mass is 79.9. The number of carbonyl (C=O) groups is 2. The van der Waals surface area contributed by atoms with Crippen LogP contribution in [0.25, 0.3) is 6.08 Å². The summed E-state index contributed by atoms with van der Waals surface area (Å²) in [5, 5.41) is 9.03. The summed E-state index contributed by atoms with van der Waals surface area (Å²) in [6, 6.07) is 13.9. The van der Waals surface area contributed by atoms with Gasteiger partial charge in [-0.2, -0.15) is 5.26 Å². The topological polar surface area (TPSA) is 85.6 Å². The summed E-state index contributed by atoms with van der Waals surface area (Å²) in [6.45, 7) is 1.84. The van der Waals surface area contributed by atoms with E-state index in [0.29, 0.717) is 11.3 Å². The first-order valence-electron chi connectivity index (χ1n) is 8.89. The molecule has 0 aliphatic heterocycles. The second-order valence-corrected chi connectivity index (χ2v) is 6.87. The van der Waals surface area contributed by atoms with Crippen LogP contribution in [0, 0.1) is 11.3 Å². The Morgan fingerprint density at radius 2 is 2.00 bits per heavy atom. The molecule has 0 bridgehead atoms. The first-order chi connectivity index (χ1) is 14.0. The Balaban J connectivity index is 2.00. The number of rotatable bonds is 8. The Morgan fingerprint density at radius 3 is 2.66 bits per heavy atom. The maximum Gasteiger partial charge on any atom is 0.349 e. The molecule has 2 rings (SSSR count). The summed E-state index contributed by atoms with van der Waals surface area (Å²) in [6.07, 6.45) is 3.37. The van der Waals surface area contributed by atoms with Gasteiger partial charge in [-0.05, 0) is 63.8 Å². The van der Waals surface area contributed by atoms with Crippen molar-refractivity contribution < 1.29 is 23.8 Å². The lowest BCUT2D eigenvalue weighted by Gasteiger charge is -2.10. The van der Waals surface area contributed by atoms with Crippen molar-refractivity contribution in [3.8, 4) is 17.6 Å². The van der Waals surface area contributed by atoms with Gasteiger partial charge in [-0.15, -0.1) is 0 Å². The van der Waals surface area contributed by atoms with Crippen LogP contribution >= 0.6 is 15.9 Å². The highest BCUT2D eigenvalue weighted by Crippen LogP contribution is 2.26. The van der Waals surface area contributed by atoms with Gasteiger partial charge >= 0.3 is 11.9 Å². The van der Waals surface area contributed by atoms with Crippen molar-refractivity contribution in [1.29, 1.82) is 5.26 Å². The quantitative estimate of drug-likeness (QED) is 0.251. The second kappa shape index (κ2) is 11.0. The van der Waals surface area contributed by atoms with Crippen LogP contribution in [0.1, 0.15) is 24.5 Å². The maximum atomic E-state index is 12.1. The molecular formula is C22H20BrNO5. The highest BCUT2D eigenvalue weighted by molar-refractivity contribution is 9.10. The SMILES string of the molecule is CCCc1ccc(OCC(=O)Oc2cccc(/C=C(\C#N)C(=O)OC)c2)c(Br)c1. The molecule has 0 heterocycles. The molecular weight excluding hydrogens is 438 g/mol. The van der Waals surface area contributed by atoms with Gasteiger partial charge in [0.05, 0.1) is 11.6 Å². The van der Waals surface area contributed by atoms with E-state index in [-0.39, 0.29) is 17.9 Å². The van der Waals surface area contributed by atoms with E-state index in [1.165, 1.54) is 24.8 Å². The van der Waals surface area contributed by atoms with Gasteiger partial charge in [-0.25, -0.2) is 9.59 Å². The maximum absolute atomic E-state index is 12.1. The third-order valence-electron chi connectivity index (χ3n) is 3.81. The molecule has 0 radical (unpaired) electrons. The molecule has 0 fully saturated rings. The third-order valence-corrected chi connectivity index (χ3v) is 4.43. The zero-order chi connectivity index (χ0) is 21.2. The lowest BCUT2D eigenvalue weighted by Crippen LogP contribution is -2.17. The monoisotopic (exact) mass is 457 g/mol. The standard InChI is InChI=1S/C22H20BrNO5/c1-3-5-15-8-9-20(19(23)12-15)28-14-21(25)29-18-7-4-6-16(11-18)10-17(13-24)22(26)27-2/h4,6-12H,3,5,14H2,1-2H3/b17-10+. The minimum absolute atomic E-state index is 0.157. The Bertz CT molecular complexity index is 962. The molecule has 2 aromatic carbocycles. The molecule has 0 unspecified atom stereocenters. The number of hydrogen-bond acceptors (Lipinski definition) is 6. The first kappa shape index (κ1) is 22.2. The molecule has 29 heavy (non-hydrogen) atoms. The van der Waals surface area contributed by atoms with Gasteiger partial charge in [0.15, 0.2) is 6.61 Å². The molecule has 0 aliphatic rings. The summed E-state index contributed by atoms with van der Waals surface area (Å²) >= 11 is 3.44.